The molecule has 4 amide bonds. The van der Waals surface area contributed by atoms with E-state index in [1.165, 1.54) is 4.90 Å². The minimum Gasteiger partial charge on any atom is -0.338 e. The third kappa shape index (κ3) is 3.71. The minimum atomic E-state index is -0.436. The Labute approximate surface area is 208 Å². The summed E-state index contributed by atoms with van der Waals surface area (Å²) in [4.78, 5) is 45.8. The number of amides is 4. The second kappa shape index (κ2) is 8.78. The topological polar surface area (TPSA) is 60.9 Å². The average Bonchev–Trinajstić information content (AvgIpc) is 3.19. The maximum atomic E-state index is 13.9. The van der Waals surface area contributed by atoms with E-state index >= 15 is 0 Å². The van der Waals surface area contributed by atoms with Crippen LogP contribution in [-0.4, -0.2) is 46.1 Å². The zero-order chi connectivity index (χ0) is 24.1. The third-order valence-corrected chi connectivity index (χ3v) is 8.88. The Morgan fingerprint density at radius 3 is 2.62 bits per heavy atom. The number of fused-ring (bicyclic) bond motifs is 2. The zero-order valence-corrected chi connectivity index (χ0v) is 20.9. The molecular weight excluding hydrogens is 470 g/mol. The molecular formula is C26H26ClN3O3S. The Hall–Kier alpha value is -2.77. The van der Waals surface area contributed by atoms with Crippen LogP contribution in [0.25, 0.3) is 0 Å². The first-order valence-electron chi connectivity index (χ1n) is 11.4. The molecule has 0 aliphatic carbocycles. The van der Waals surface area contributed by atoms with Gasteiger partial charge in [-0.05, 0) is 54.7 Å². The van der Waals surface area contributed by atoms with E-state index in [-0.39, 0.29) is 23.2 Å². The van der Waals surface area contributed by atoms with Gasteiger partial charge in [0.2, 0.25) is 11.8 Å². The maximum Gasteiger partial charge on any atom is 0.332 e. The second-order valence-corrected chi connectivity index (χ2v) is 10.6. The number of benzene rings is 2. The van der Waals surface area contributed by atoms with Crippen LogP contribution in [0.5, 0.6) is 0 Å². The molecule has 3 aliphatic heterocycles. The van der Waals surface area contributed by atoms with Crippen molar-refractivity contribution in [3.63, 3.8) is 0 Å². The van der Waals surface area contributed by atoms with E-state index in [0.29, 0.717) is 42.3 Å². The van der Waals surface area contributed by atoms with Crippen molar-refractivity contribution < 1.29 is 14.4 Å². The lowest BCUT2D eigenvalue weighted by atomic mass is 9.89. The van der Waals surface area contributed by atoms with E-state index in [1.807, 2.05) is 43.0 Å². The number of aryl methyl sites for hydroxylation is 1. The van der Waals surface area contributed by atoms with E-state index < -0.39 is 5.92 Å². The summed E-state index contributed by atoms with van der Waals surface area (Å²) in [5.41, 5.74) is 4.42. The summed E-state index contributed by atoms with van der Waals surface area (Å²) in [5.74, 6) is -0.623. The first-order chi connectivity index (χ1) is 16.3. The molecule has 0 bridgehead atoms. The molecule has 2 aromatic carbocycles. The van der Waals surface area contributed by atoms with Crippen LogP contribution in [0.4, 0.5) is 10.5 Å². The Balaban J connectivity index is 1.59. The largest absolute Gasteiger partial charge is 0.338 e. The highest BCUT2D eigenvalue weighted by atomic mass is 35.5. The average molecular weight is 496 g/mol. The SMILES string of the molecule is CC(=O)N1CCC2=C(C1)SC1C2C(=O)N(c2cccc(Cl)c2C)C(=O)N1Cc1ccccc1C. The number of hydrogen-bond donors (Lipinski definition) is 0. The second-order valence-electron chi connectivity index (χ2n) is 9.02. The summed E-state index contributed by atoms with van der Waals surface area (Å²) in [7, 11) is 0. The van der Waals surface area contributed by atoms with E-state index in [2.05, 4.69) is 0 Å². The molecule has 34 heavy (non-hydrogen) atoms. The minimum absolute atomic E-state index is 0.0253. The maximum absolute atomic E-state index is 13.9. The monoisotopic (exact) mass is 495 g/mol. The Morgan fingerprint density at radius 2 is 1.88 bits per heavy atom. The molecule has 0 spiro atoms. The predicted octanol–water partition coefficient (Wildman–Crippen LogP) is 5.12. The van der Waals surface area contributed by atoms with Crippen molar-refractivity contribution in [2.45, 2.75) is 39.1 Å². The molecule has 3 heterocycles. The number of hydrogen-bond acceptors (Lipinski definition) is 4. The first kappa shape index (κ1) is 23.0. The number of urea groups is 1. The van der Waals surface area contributed by atoms with Crippen molar-refractivity contribution in [3.8, 4) is 0 Å². The molecule has 2 aromatic rings. The molecule has 8 heteroatoms. The van der Waals surface area contributed by atoms with Gasteiger partial charge in [-0.2, -0.15) is 0 Å². The van der Waals surface area contributed by atoms with Crippen LogP contribution in [-0.2, 0) is 16.1 Å². The van der Waals surface area contributed by atoms with Crippen molar-refractivity contribution in [1.82, 2.24) is 9.80 Å². The normalized spacial score (nSPS) is 22.3. The standard InChI is InChI=1S/C26H26ClN3O3S/c1-15-7-4-5-8-18(15)13-29-25-23(19-11-12-28(17(3)31)14-22(19)34-25)24(32)30(26(29)33)21-10-6-9-20(27)16(21)2/h4-10,23,25H,11-14H2,1-3H3. The van der Waals surface area contributed by atoms with E-state index in [1.54, 1.807) is 41.8 Å². The zero-order valence-electron chi connectivity index (χ0n) is 19.4. The molecule has 0 N–H and O–H groups in total. The molecule has 2 unspecified atom stereocenters. The Kier molecular flexibility index (Phi) is 5.94. The number of imide groups is 1. The lowest BCUT2D eigenvalue weighted by Crippen LogP contribution is -2.60. The van der Waals surface area contributed by atoms with Crippen LogP contribution in [0.3, 0.4) is 0 Å². The van der Waals surface area contributed by atoms with Crippen LogP contribution in [0.2, 0.25) is 5.02 Å². The van der Waals surface area contributed by atoms with E-state index in [9.17, 15) is 14.4 Å². The smallest absolute Gasteiger partial charge is 0.332 e. The van der Waals surface area contributed by atoms with Gasteiger partial charge in [0.1, 0.15) is 0 Å². The van der Waals surface area contributed by atoms with Crippen LogP contribution in [0, 0.1) is 19.8 Å². The molecule has 5 rings (SSSR count). The fourth-order valence-corrected chi connectivity index (χ4v) is 6.80. The van der Waals surface area contributed by atoms with Gasteiger partial charge in [0, 0.05) is 29.9 Å². The molecule has 2 atom stereocenters. The third-order valence-electron chi connectivity index (χ3n) is 7.03. The van der Waals surface area contributed by atoms with Gasteiger partial charge in [0.05, 0.1) is 23.5 Å². The first-order valence-corrected chi connectivity index (χ1v) is 12.6. The van der Waals surface area contributed by atoms with Crippen molar-refractivity contribution in [1.29, 1.82) is 0 Å². The molecule has 0 saturated carbocycles. The summed E-state index contributed by atoms with van der Waals surface area (Å²) in [6.07, 6.45) is 0.642. The summed E-state index contributed by atoms with van der Waals surface area (Å²) < 4.78 is 0. The van der Waals surface area contributed by atoms with Gasteiger partial charge in [0.25, 0.3) is 0 Å². The molecule has 0 aromatic heterocycles. The number of halogens is 1. The number of nitrogens with zero attached hydrogens (tertiary/aromatic N) is 3. The van der Waals surface area contributed by atoms with Crippen LogP contribution < -0.4 is 4.90 Å². The quantitative estimate of drug-likeness (QED) is 0.593. The number of rotatable bonds is 3. The van der Waals surface area contributed by atoms with Crippen molar-refractivity contribution in [3.05, 3.63) is 74.7 Å². The van der Waals surface area contributed by atoms with Crippen LogP contribution in [0.15, 0.2) is 52.9 Å². The lowest BCUT2D eigenvalue weighted by Gasteiger charge is -2.43. The number of carbonyl (C=O) groups excluding carboxylic acids is 3. The highest BCUT2D eigenvalue weighted by molar-refractivity contribution is 8.04. The summed E-state index contributed by atoms with van der Waals surface area (Å²) in [5, 5.41) is 0.188. The van der Waals surface area contributed by atoms with E-state index in [0.717, 1.165) is 21.6 Å². The predicted molar refractivity (Wildman–Crippen MR) is 135 cm³/mol. The summed E-state index contributed by atoms with van der Waals surface area (Å²) in [6, 6.07) is 13.0. The van der Waals surface area contributed by atoms with Gasteiger partial charge >= 0.3 is 6.03 Å². The number of anilines is 1. The molecule has 6 nitrogen and oxygen atoms in total. The molecule has 1 saturated heterocycles. The highest BCUT2D eigenvalue weighted by Crippen LogP contribution is 2.51. The molecule has 0 radical (unpaired) electrons. The fraction of sp³-hybridized carbons (Fsp3) is 0.346. The Bertz CT molecular complexity index is 1240. The van der Waals surface area contributed by atoms with Gasteiger partial charge in [0.15, 0.2) is 0 Å². The number of carbonyl (C=O) groups is 3. The number of thioether (sulfide) groups is 1. The van der Waals surface area contributed by atoms with Gasteiger partial charge in [-0.15, -0.1) is 11.8 Å². The van der Waals surface area contributed by atoms with Crippen molar-refractivity contribution in [2.24, 2.45) is 5.92 Å². The summed E-state index contributed by atoms with van der Waals surface area (Å²) >= 11 is 7.93. The molecule has 1 fully saturated rings. The lowest BCUT2D eigenvalue weighted by molar-refractivity contribution is -0.128. The van der Waals surface area contributed by atoms with Crippen molar-refractivity contribution in [2.75, 3.05) is 18.0 Å². The molecule has 3 aliphatic rings. The fourth-order valence-electron chi connectivity index (χ4n) is 5.02. The van der Waals surface area contributed by atoms with Gasteiger partial charge < -0.3 is 9.80 Å². The Morgan fingerprint density at radius 1 is 1.12 bits per heavy atom. The van der Waals surface area contributed by atoms with Crippen LogP contribution in [0.1, 0.15) is 30.0 Å². The summed E-state index contributed by atoms with van der Waals surface area (Å²) in [6.45, 7) is 6.92. The molecule has 176 valence electrons. The van der Waals surface area contributed by atoms with E-state index in [4.69, 9.17) is 11.6 Å². The van der Waals surface area contributed by atoms with Gasteiger partial charge in [-0.25, -0.2) is 9.69 Å². The van der Waals surface area contributed by atoms with Crippen molar-refractivity contribution >= 4 is 46.9 Å². The van der Waals surface area contributed by atoms with Gasteiger partial charge in [-0.3, -0.25) is 9.59 Å². The van der Waals surface area contributed by atoms with Crippen LogP contribution >= 0.6 is 23.4 Å². The highest BCUT2D eigenvalue weighted by Gasteiger charge is 2.53. The van der Waals surface area contributed by atoms with Gasteiger partial charge in [-0.1, -0.05) is 41.9 Å².